The van der Waals surface area contributed by atoms with E-state index in [2.05, 4.69) is 15.4 Å². The fraction of sp³-hybridized carbons (Fsp3) is 0.733. The molecule has 2 fully saturated rings. The van der Waals surface area contributed by atoms with Gasteiger partial charge in [-0.2, -0.15) is 5.10 Å². The Balaban J connectivity index is 1.40. The average molecular weight is 305 g/mol. The second-order valence-electron chi connectivity index (χ2n) is 6.19. The highest BCUT2D eigenvalue weighted by molar-refractivity contribution is 5.89. The van der Waals surface area contributed by atoms with Crippen LogP contribution in [0.1, 0.15) is 38.5 Å². The third-order valence-electron chi connectivity index (χ3n) is 4.62. The van der Waals surface area contributed by atoms with Gasteiger partial charge in [-0.25, -0.2) is 4.98 Å². The summed E-state index contributed by atoms with van der Waals surface area (Å²) in [6.45, 7) is 1.93. The molecule has 3 rings (SSSR count). The normalized spacial score (nSPS) is 22.5. The maximum absolute atomic E-state index is 12.2. The van der Waals surface area contributed by atoms with Crippen LogP contribution in [0.15, 0.2) is 12.7 Å². The van der Waals surface area contributed by atoms with Gasteiger partial charge in [-0.05, 0) is 19.3 Å². The van der Waals surface area contributed by atoms with E-state index in [0.717, 1.165) is 25.8 Å². The number of likely N-dealkylation sites (tertiary alicyclic amines) is 1. The van der Waals surface area contributed by atoms with E-state index in [1.807, 2.05) is 4.90 Å². The van der Waals surface area contributed by atoms with Crippen LogP contribution in [0.25, 0.3) is 0 Å². The van der Waals surface area contributed by atoms with Gasteiger partial charge in [-0.3, -0.25) is 14.3 Å². The number of hydrogen-bond acceptors (Lipinski definition) is 4. The Kier molecular flexibility index (Phi) is 4.70. The number of rotatable bonds is 6. The lowest BCUT2D eigenvalue weighted by molar-refractivity contribution is -0.130. The van der Waals surface area contributed by atoms with E-state index in [9.17, 15) is 9.59 Å². The molecule has 1 aliphatic carbocycles. The maximum atomic E-state index is 12.2. The van der Waals surface area contributed by atoms with Crippen LogP contribution >= 0.6 is 0 Å². The predicted octanol–water partition coefficient (Wildman–Crippen LogP) is 0.575. The molecule has 0 spiro atoms. The number of carbonyl (C=O) groups is 2. The van der Waals surface area contributed by atoms with Crippen molar-refractivity contribution < 1.29 is 9.59 Å². The molecular formula is C15H23N5O2. The zero-order chi connectivity index (χ0) is 15.4. The van der Waals surface area contributed by atoms with Gasteiger partial charge in [-0.1, -0.05) is 12.8 Å². The van der Waals surface area contributed by atoms with Gasteiger partial charge in [0, 0.05) is 32.1 Å². The highest BCUT2D eigenvalue weighted by atomic mass is 16.2. The van der Waals surface area contributed by atoms with Crippen molar-refractivity contribution in [2.75, 3.05) is 13.1 Å². The van der Waals surface area contributed by atoms with Crippen LogP contribution in [0.5, 0.6) is 0 Å². The van der Waals surface area contributed by atoms with Crippen LogP contribution in [0, 0.1) is 5.92 Å². The largest absolute Gasteiger partial charge is 0.356 e. The molecule has 7 heteroatoms. The molecule has 0 unspecified atom stereocenters. The molecule has 1 aromatic rings. The van der Waals surface area contributed by atoms with Crippen molar-refractivity contribution in [1.82, 2.24) is 25.0 Å². The van der Waals surface area contributed by atoms with Gasteiger partial charge in [0.15, 0.2) is 0 Å². The first kappa shape index (κ1) is 15.0. The van der Waals surface area contributed by atoms with Crippen molar-refractivity contribution in [1.29, 1.82) is 0 Å². The van der Waals surface area contributed by atoms with Crippen molar-refractivity contribution in [3.8, 4) is 0 Å². The average Bonchev–Trinajstić information content (AvgIpc) is 3.24. The summed E-state index contributed by atoms with van der Waals surface area (Å²) < 4.78 is 1.74. The lowest BCUT2D eigenvalue weighted by Gasteiger charge is -2.23. The van der Waals surface area contributed by atoms with E-state index in [-0.39, 0.29) is 17.7 Å². The van der Waals surface area contributed by atoms with Crippen LogP contribution in [0.4, 0.5) is 0 Å². The van der Waals surface area contributed by atoms with Crippen molar-refractivity contribution >= 4 is 11.8 Å². The first-order valence-corrected chi connectivity index (χ1v) is 8.13. The van der Waals surface area contributed by atoms with Gasteiger partial charge in [0.2, 0.25) is 11.8 Å². The van der Waals surface area contributed by atoms with E-state index in [0.29, 0.717) is 25.6 Å². The van der Waals surface area contributed by atoms with Crippen LogP contribution in [-0.2, 0) is 16.1 Å². The quantitative estimate of drug-likeness (QED) is 0.780. The number of carbonyl (C=O) groups excluding carboxylic acids is 2. The molecule has 1 N–H and O–H groups in total. The van der Waals surface area contributed by atoms with Gasteiger partial charge >= 0.3 is 0 Å². The smallest absolute Gasteiger partial charge is 0.225 e. The first-order valence-electron chi connectivity index (χ1n) is 8.13. The summed E-state index contributed by atoms with van der Waals surface area (Å²) in [5, 5.41) is 6.96. The van der Waals surface area contributed by atoms with E-state index in [1.165, 1.54) is 19.2 Å². The summed E-state index contributed by atoms with van der Waals surface area (Å²) in [6.07, 6.45) is 8.93. The van der Waals surface area contributed by atoms with Gasteiger partial charge in [0.1, 0.15) is 12.7 Å². The number of amides is 2. The van der Waals surface area contributed by atoms with E-state index >= 15 is 0 Å². The number of nitrogens with one attached hydrogen (secondary N) is 1. The SMILES string of the molecule is O=C(NCCCn1cncn1)[C@@H]1CC(=O)N(C2CCCC2)C1. The third kappa shape index (κ3) is 3.45. The molecule has 1 atom stereocenters. The van der Waals surface area contributed by atoms with Gasteiger partial charge < -0.3 is 10.2 Å². The van der Waals surface area contributed by atoms with Crippen LogP contribution in [0.2, 0.25) is 0 Å². The molecule has 22 heavy (non-hydrogen) atoms. The first-order chi connectivity index (χ1) is 10.7. The Labute approximate surface area is 130 Å². The van der Waals surface area contributed by atoms with Crippen LogP contribution in [-0.4, -0.2) is 50.6 Å². The summed E-state index contributed by atoms with van der Waals surface area (Å²) in [4.78, 5) is 30.1. The van der Waals surface area contributed by atoms with Crippen molar-refractivity contribution in [3.63, 3.8) is 0 Å². The Morgan fingerprint density at radius 1 is 1.36 bits per heavy atom. The van der Waals surface area contributed by atoms with Crippen molar-refractivity contribution in [2.45, 2.75) is 51.1 Å². The molecule has 7 nitrogen and oxygen atoms in total. The molecule has 1 saturated carbocycles. The molecule has 1 saturated heterocycles. The van der Waals surface area contributed by atoms with E-state index in [4.69, 9.17) is 0 Å². The minimum Gasteiger partial charge on any atom is -0.356 e. The summed E-state index contributed by atoms with van der Waals surface area (Å²) in [5.74, 6) is -0.0263. The monoisotopic (exact) mass is 305 g/mol. The maximum Gasteiger partial charge on any atom is 0.225 e. The molecule has 0 aromatic carbocycles. The molecule has 2 amide bonds. The van der Waals surface area contributed by atoms with Gasteiger partial charge in [0.25, 0.3) is 0 Å². The van der Waals surface area contributed by atoms with Gasteiger partial charge in [0.05, 0.1) is 5.92 Å². The fourth-order valence-corrected chi connectivity index (χ4v) is 3.42. The summed E-state index contributed by atoms with van der Waals surface area (Å²) >= 11 is 0. The molecule has 0 radical (unpaired) electrons. The second-order valence-corrected chi connectivity index (χ2v) is 6.19. The molecule has 120 valence electrons. The lowest BCUT2D eigenvalue weighted by Crippen LogP contribution is -2.37. The molecule has 0 bridgehead atoms. The zero-order valence-corrected chi connectivity index (χ0v) is 12.8. The standard InChI is InChI=1S/C15H23N5O2/c21-14-8-12(9-20(14)13-4-1-2-5-13)15(22)17-6-3-7-19-11-16-10-18-19/h10-13H,1-9H2,(H,17,22)/t12-/m1/s1. The topological polar surface area (TPSA) is 80.1 Å². The molecule has 1 aromatic heterocycles. The zero-order valence-electron chi connectivity index (χ0n) is 12.8. The Morgan fingerprint density at radius 3 is 2.91 bits per heavy atom. The van der Waals surface area contributed by atoms with Crippen molar-refractivity contribution in [3.05, 3.63) is 12.7 Å². The molecule has 2 heterocycles. The lowest BCUT2D eigenvalue weighted by atomic mass is 10.1. The van der Waals surface area contributed by atoms with Crippen LogP contribution in [0.3, 0.4) is 0 Å². The highest BCUT2D eigenvalue weighted by Crippen LogP contribution is 2.29. The molecule has 2 aliphatic rings. The van der Waals surface area contributed by atoms with Crippen LogP contribution < -0.4 is 5.32 Å². The minimum absolute atomic E-state index is 0.00689. The third-order valence-corrected chi connectivity index (χ3v) is 4.62. The number of nitrogens with zero attached hydrogens (tertiary/aromatic N) is 4. The number of aryl methyl sites for hydroxylation is 1. The second kappa shape index (κ2) is 6.89. The van der Waals surface area contributed by atoms with Gasteiger partial charge in [-0.15, -0.1) is 0 Å². The van der Waals surface area contributed by atoms with E-state index < -0.39 is 0 Å². The number of hydrogen-bond donors (Lipinski definition) is 1. The highest BCUT2D eigenvalue weighted by Gasteiger charge is 2.38. The van der Waals surface area contributed by atoms with E-state index in [1.54, 1.807) is 11.0 Å². The Morgan fingerprint density at radius 2 is 2.18 bits per heavy atom. The fourth-order valence-electron chi connectivity index (χ4n) is 3.42. The Bertz CT molecular complexity index is 510. The summed E-state index contributed by atoms with van der Waals surface area (Å²) in [7, 11) is 0. The Hall–Kier alpha value is -1.92. The number of aromatic nitrogens is 3. The predicted molar refractivity (Wildman–Crippen MR) is 79.7 cm³/mol. The minimum atomic E-state index is -0.181. The summed E-state index contributed by atoms with van der Waals surface area (Å²) in [5.41, 5.74) is 0. The summed E-state index contributed by atoms with van der Waals surface area (Å²) in [6, 6.07) is 0.373. The molecule has 1 aliphatic heterocycles. The molecular weight excluding hydrogens is 282 g/mol. The van der Waals surface area contributed by atoms with Crippen molar-refractivity contribution in [2.24, 2.45) is 5.92 Å².